The molecule has 0 aliphatic heterocycles. The molecule has 8 rings (SSSR count). The minimum atomic E-state index is 0.894. The molecule has 0 spiro atoms. The van der Waals surface area contributed by atoms with E-state index in [1.807, 2.05) is 24.5 Å². The minimum absolute atomic E-state index is 0.894. The summed E-state index contributed by atoms with van der Waals surface area (Å²) in [5, 5.41) is 6.15. The standard InChI is InChI=1S/C34H22N4/c1-2-8-26(9-3-1)37-18-15-28-29-21-33-30(19-24(29)12-13-31(28)37)27-10-4-5-11-32(27)38(33)34-20-23(14-17-36-34)25-7-6-16-35-22-25/h1-22H. The molecule has 0 aliphatic carbocycles. The van der Waals surface area contributed by atoms with Gasteiger partial charge in [0.25, 0.3) is 0 Å². The molecule has 38 heavy (non-hydrogen) atoms. The lowest BCUT2D eigenvalue weighted by molar-refractivity contribution is 1.08. The molecule has 4 nitrogen and oxygen atoms in total. The number of hydrogen-bond donors (Lipinski definition) is 0. The van der Waals surface area contributed by atoms with Crippen LogP contribution in [-0.4, -0.2) is 19.1 Å². The van der Waals surface area contributed by atoms with Gasteiger partial charge >= 0.3 is 0 Å². The zero-order valence-electron chi connectivity index (χ0n) is 20.5. The molecule has 0 saturated carbocycles. The Hall–Kier alpha value is -5.22. The van der Waals surface area contributed by atoms with Crippen molar-refractivity contribution in [2.45, 2.75) is 0 Å². The zero-order chi connectivity index (χ0) is 25.1. The van der Waals surface area contributed by atoms with Crippen molar-refractivity contribution in [3.8, 4) is 22.6 Å². The molecular formula is C34H22N4. The molecule has 4 aromatic heterocycles. The highest BCUT2D eigenvalue weighted by atomic mass is 15.1. The summed E-state index contributed by atoms with van der Waals surface area (Å²) in [4.78, 5) is 9.14. The highest BCUT2D eigenvalue weighted by Crippen LogP contribution is 2.37. The van der Waals surface area contributed by atoms with Gasteiger partial charge in [-0.05, 0) is 77.0 Å². The van der Waals surface area contributed by atoms with E-state index in [1.54, 1.807) is 6.20 Å². The predicted octanol–water partition coefficient (Wildman–Crippen LogP) is 8.34. The Kier molecular flexibility index (Phi) is 4.49. The van der Waals surface area contributed by atoms with E-state index in [1.165, 1.54) is 32.4 Å². The first kappa shape index (κ1) is 20.9. The number of pyridine rings is 2. The Morgan fingerprint density at radius 2 is 1.39 bits per heavy atom. The number of hydrogen-bond acceptors (Lipinski definition) is 2. The highest BCUT2D eigenvalue weighted by Gasteiger charge is 2.16. The summed E-state index contributed by atoms with van der Waals surface area (Å²) in [7, 11) is 0. The zero-order valence-corrected chi connectivity index (χ0v) is 20.5. The average molecular weight is 487 g/mol. The van der Waals surface area contributed by atoms with Crippen LogP contribution in [0.4, 0.5) is 0 Å². The molecule has 0 N–H and O–H groups in total. The third-order valence-electron chi connectivity index (χ3n) is 7.48. The smallest absolute Gasteiger partial charge is 0.138 e. The molecule has 4 heterocycles. The number of rotatable bonds is 3. The second kappa shape index (κ2) is 8.15. The summed E-state index contributed by atoms with van der Waals surface area (Å²) in [5.74, 6) is 0.894. The van der Waals surface area contributed by atoms with Gasteiger partial charge in [0.1, 0.15) is 5.82 Å². The summed E-state index contributed by atoms with van der Waals surface area (Å²) in [6, 6.07) is 38.7. The number of aromatic nitrogens is 4. The molecule has 0 unspecified atom stereocenters. The number of benzene rings is 4. The fraction of sp³-hybridized carbons (Fsp3) is 0. The Balaban J connectivity index is 1.43. The van der Waals surface area contributed by atoms with Gasteiger partial charge in [-0.3, -0.25) is 9.55 Å². The predicted molar refractivity (Wildman–Crippen MR) is 156 cm³/mol. The third-order valence-corrected chi connectivity index (χ3v) is 7.48. The van der Waals surface area contributed by atoms with Gasteiger partial charge in [0.15, 0.2) is 0 Å². The summed E-state index contributed by atoms with van der Waals surface area (Å²) in [6.07, 6.45) is 7.75. The van der Waals surface area contributed by atoms with Crippen LogP contribution < -0.4 is 0 Å². The summed E-state index contributed by atoms with van der Waals surface area (Å²) < 4.78 is 4.55. The van der Waals surface area contributed by atoms with Crippen molar-refractivity contribution in [1.29, 1.82) is 0 Å². The largest absolute Gasteiger partial charge is 0.317 e. The summed E-state index contributed by atoms with van der Waals surface area (Å²) in [6.45, 7) is 0. The van der Waals surface area contributed by atoms with Crippen molar-refractivity contribution in [1.82, 2.24) is 19.1 Å². The number of para-hydroxylation sites is 2. The van der Waals surface area contributed by atoms with E-state index in [9.17, 15) is 0 Å². The van der Waals surface area contributed by atoms with E-state index in [2.05, 4.69) is 117 Å². The van der Waals surface area contributed by atoms with Crippen molar-refractivity contribution in [3.63, 3.8) is 0 Å². The fourth-order valence-electron chi connectivity index (χ4n) is 5.73. The first-order valence-corrected chi connectivity index (χ1v) is 12.7. The van der Waals surface area contributed by atoms with E-state index < -0.39 is 0 Å². The highest BCUT2D eigenvalue weighted by molar-refractivity contribution is 6.18. The van der Waals surface area contributed by atoms with Gasteiger partial charge in [-0.2, -0.15) is 0 Å². The lowest BCUT2D eigenvalue weighted by Crippen LogP contribution is -1.97. The quantitative estimate of drug-likeness (QED) is 0.252. The molecule has 8 aromatic rings. The first-order valence-electron chi connectivity index (χ1n) is 12.7. The molecule has 4 heteroatoms. The average Bonchev–Trinajstić information content (AvgIpc) is 3.56. The van der Waals surface area contributed by atoms with E-state index in [0.717, 1.165) is 33.7 Å². The van der Waals surface area contributed by atoms with Crippen LogP contribution in [0.1, 0.15) is 0 Å². The topological polar surface area (TPSA) is 35.6 Å². The van der Waals surface area contributed by atoms with E-state index in [-0.39, 0.29) is 0 Å². The molecule has 0 aliphatic rings. The van der Waals surface area contributed by atoms with Crippen LogP contribution in [0.3, 0.4) is 0 Å². The van der Waals surface area contributed by atoms with Crippen LogP contribution in [0.5, 0.6) is 0 Å². The fourth-order valence-corrected chi connectivity index (χ4v) is 5.73. The van der Waals surface area contributed by atoms with Gasteiger partial charge in [0.2, 0.25) is 0 Å². The van der Waals surface area contributed by atoms with Gasteiger partial charge in [-0.25, -0.2) is 4.98 Å². The van der Waals surface area contributed by atoms with E-state index >= 15 is 0 Å². The van der Waals surface area contributed by atoms with Crippen LogP contribution >= 0.6 is 0 Å². The van der Waals surface area contributed by atoms with Gasteiger partial charge < -0.3 is 4.57 Å². The van der Waals surface area contributed by atoms with Crippen LogP contribution in [0.15, 0.2) is 134 Å². The Bertz CT molecular complexity index is 2120. The third kappa shape index (κ3) is 3.10. The van der Waals surface area contributed by atoms with Gasteiger partial charge in [0, 0.05) is 52.2 Å². The molecule has 0 radical (unpaired) electrons. The van der Waals surface area contributed by atoms with Crippen LogP contribution in [-0.2, 0) is 0 Å². The Labute approximate surface area is 219 Å². The van der Waals surface area contributed by atoms with Gasteiger partial charge in [-0.1, -0.05) is 48.5 Å². The SMILES string of the molecule is c1ccc(-n2ccc3c4cc5c(cc4ccc32)c2ccccc2n5-c2cc(-c3cccnc3)ccn2)cc1. The molecule has 0 fully saturated rings. The van der Waals surface area contributed by atoms with E-state index in [0.29, 0.717) is 0 Å². The number of nitrogens with zero attached hydrogens (tertiary/aromatic N) is 4. The van der Waals surface area contributed by atoms with Crippen molar-refractivity contribution in [2.75, 3.05) is 0 Å². The molecule has 0 atom stereocenters. The van der Waals surface area contributed by atoms with Crippen LogP contribution in [0.25, 0.3) is 66.1 Å². The maximum Gasteiger partial charge on any atom is 0.138 e. The minimum Gasteiger partial charge on any atom is -0.317 e. The molecular weight excluding hydrogens is 464 g/mol. The van der Waals surface area contributed by atoms with Gasteiger partial charge in [-0.15, -0.1) is 0 Å². The first-order chi connectivity index (χ1) is 18.8. The monoisotopic (exact) mass is 486 g/mol. The Morgan fingerprint density at radius 1 is 0.526 bits per heavy atom. The second-order valence-corrected chi connectivity index (χ2v) is 9.61. The molecule has 0 bridgehead atoms. The van der Waals surface area contributed by atoms with Crippen LogP contribution in [0.2, 0.25) is 0 Å². The second-order valence-electron chi connectivity index (χ2n) is 9.61. The van der Waals surface area contributed by atoms with Crippen molar-refractivity contribution >= 4 is 43.5 Å². The molecule has 0 amide bonds. The molecule has 4 aromatic carbocycles. The lowest BCUT2D eigenvalue weighted by Gasteiger charge is -2.10. The molecule has 178 valence electrons. The summed E-state index contributed by atoms with van der Waals surface area (Å²) in [5.41, 5.74) is 6.82. The number of fused-ring (bicyclic) bond motifs is 6. The summed E-state index contributed by atoms with van der Waals surface area (Å²) >= 11 is 0. The van der Waals surface area contributed by atoms with Gasteiger partial charge in [0.05, 0.1) is 16.6 Å². The normalized spacial score (nSPS) is 11.7. The van der Waals surface area contributed by atoms with Crippen LogP contribution in [0, 0.1) is 0 Å². The van der Waals surface area contributed by atoms with Crippen molar-refractivity contribution in [3.05, 3.63) is 134 Å². The van der Waals surface area contributed by atoms with Crippen molar-refractivity contribution in [2.24, 2.45) is 0 Å². The lowest BCUT2D eigenvalue weighted by atomic mass is 10.0. The van der Waals surface area contributed by atoms with E-state index in [4.69, 9.17) is 4.98 Å². The maximum atomic E-state index is 4.83. The maximum absolute atomic E-state index is 4.83. The molecule has 0 saturated heterocycles. The van der Waals surface area contributed by atoms with Crippen molar-refractivity contribution < 1.29 is 0 Å². The Morgan fingerprint density at radius 3 is 2.29 bits per heavy atom.